The van der Waals surface area contributed by atoms with Gasteiger partial charge in [-0.15, -0.1) is 11.3 Å². The van der Waals surface area contributed by atoms with Crippen molar-refractivity contribution in [2.45, 2.75) is 32.6 Å². The summed E-state index contributed by atoms with van der Waals surface area (Å²) < 4.78 is 5.20. The first-order valence-electron chi connectivity index (χ1n) is 7.30. The smallest absolute Gasteiger partial charge is 0.228 e. The van der Waals surface area contributed by atoms with Gasteiger partial charge in [0.1, 0.15) is 0 Å². The van der Waals surface area contributed by atoms with Crippen LogP contribution in [0.1, 0.15) is 31.9 Å². The van der Waals surface area contributed by atoms with Crippen molar-refractivity contribution < 1.29 is 14.3 Å². The zero-order valence-corrected chi connectivity index (χ0v) is 13.1. The van der Waals surface area contributed by atoms with Gasteiger partial charge in [-0.3, -0.25) is 14.5 Å². The Hall–Kier alpha value is -1.47. The molecule has 21 heavy (non-hydrogen) atoms. The van der Waals surface area contributed by atoms with E-state index in [1.165, 1.54) is 11.3 Å². The van der Waals surface area contributed by atoms with E-state index < -0.39 is 0 Å². The Morgan fingerprint density at radius 1 is 1.57 bits per heavy atom. The molecule has 1 fully saturated rings. The molecule has 1 saturated heterocycles. The average molecular weight is 311 g/mol. The number of amides is 2. The van der Waals surface area contributed by atoms with Crippen molar-refractivity contribution in [3.05, 3.63) is 11.1 Å². The van der Waals surface area contributed by atoms with E-state index in [-0.39, 0.29) is 18.2 Å². The lowest BCUT2D eigenvalue weighted by Gasteiger charge is -2.10. The monoisotopic (exact) mass is 311 g/mol. The molecule has 1 aliphatic heterocycles. The number of carbonyl (C=O) groups is 2. The lowest BCUT2D eigenvalue weighted by Crippen LogP contribution is -2.27. The van der Waals surface area contributed by atoms with Crippen molar-refractivity contribution >= 4 is 28.3 Å². The van der Waals surface area contributed by atoms with E-state index in [4.69, 9.17) is 4.74 Å². The highest BCUT2D eigenvalue weighted by molar-refractivity contribution is 7.14. The van der Waals surface area contributed by atoms with Gasteiger partial charge in [-0.2, -0.15) is 0 Å². The number of nitrogens with one attached hydrogen (secondary N) is 1. The van der Waals surface area contributed by atoms with Crippen molar-refractivity contribution in [1.29, 1.82) is 0 Å². The third-order valence-corrected chi connectivity index (χ3v) is 4.09. The summed E-state index contributed by atoms with van der Waals surface area (Å²) in [4.78, 5) is 29.5. The second-order valence-electron chi connectivity index (χ2n) is 4.85. The lowest BCUT2D eigenvalue weighted by atomic mass is 10.3. The van der Waals surface area contributed by atoms with Crippen LogP contribution >= 0.6 is 11.3 Å². The first-order valence-corrected chi connectivity index (χ1v) is 8.18. The topological polar surface area (TPSA) is 71.5 Å². The summed E-state index contributed by atoms with van der Waals surface area (Å²) in [5.41, 5.74) is 0.719. The lowest BCUT2D eigenvalue weighted by molar-refractivity contribution is -0.120. The Bertz CT molecular complexity index is 490. The molecule has 0 spiro atoms. The van der Waals surface area contributed by atoms with Crippen molar-refractivity contribution in [3.8, 4) is 0 Å². The molecule has 0 radical (unpaired) electrons. The molecule has 1 aromatic rings. The van der Waals surface area contributed by atoms with E-state index in [9.17, 15) is 9.59 Å². The zero-order valence-electron chi connectivity index (χ0n) is 12.3. The second-order valence-corrected chi connectivity index (χ2v) is 5.68. The summed E-state index contributed by atoms with van der Waals surface area (Å²) in [6.45, 7) is 4.65. The number of carbonyl (C=O) groups excluding carboxylic acids is 2. The van der Waals surface area contributed by atoms with Gasteiger partial charge in [-0.25, -0.2) is 4.98 Å². The van der Waals surface area contributed by atoms with E-state index in [1.807, 2.05) is 12.3 Å². The molecule has 0 aliphatic carbocycles. The quantitative estimate of drug-likeness (QED) is 0.736. The highest BCUT2D eigenvalue weighted by Gasteiger charge is 2.24. The molecule has 0 aromatic carbocycles. The summed E-state index contributed by atoms with van der Waals surface area (Å²) >= 11 is 1.42. The molecule has 7 heteroatoms. The number of aromatic nitrogens is 1. The van der Waals surface area contributed by atoms with Gasteiger partial charge in [0.15, 0.2) is 5.13 Å². The summed E-state index contributed by atoms with van der Waals surface area (Å²) in [5, 5.41) is 5.40. The predicted octanol–water partition coefficient (Wildman–Crippen LogP) is 1.36. The minimum absolute atomic E-state index is 0.0453. The number of rotatable bonds is 8. The van der Waals surface area contributed by atoms with Crippen molar-refractivity contribution in [3.63, 3.8) is 0 Å². The first kappa shape index (κ1) is 15.9. The van der Waals surface area contributed by atoms with Gasteiger partial charge in [0, 0.05) is 38.1 Å². The van der Waals surface area contributed by atoms with Crippen LogP contribution < -0.4 is 10.2 Å². The van der Waals surface area contributed by atoms with Gasteiger partial charge in [-0.05, 0) is 19.8 Å². The molecule has 1 aromatic heterocycles. The van der Waals surface area contributed by atoms with Gasteiger partial charge in [0.05, 0.1) is 12.1 Å². The Labute approximate surface area is 128 Å². The normalized spacial score (nSPS) is 14.7. The maximum absolute atomic E-state index is 11.8. The third-order valence-electron chi connectivity index (χ3n) is 3.18. The molecule has 0 saturated carbocycles. The van der Waals surface area contributed by atoms with Crippen LogP contribution in [0.3, 0.4) is 0 Å². The molecular weight excluding hydrogens is 290 g/mol. The summed E-state index contributed by atoms with van der Waals surface area (Å²) in [5.74, 6) is 0.0763. The highest BCUT2D eigenvalue weighted by Crippen LogP contribution is 2.25. The van der Waals surface area contributed by atoms with Crippen LogP contribution in [0, 0.1) is 0 Å². The molecule has 2 rings (SSSR count). The summed E-state index contributed by atoms with van der Waals surface area (Å²) in [6, 6.07) is 0. The molecular formula is C14H21N3O3S. The number of nitrogens with zero attached hydrogens (tertiary/aromatic N) is 2. The fraction of sp³-hybridized carbons (Fsp3) is 0.643. The molecule has 0 unspecified atom stereocenters. The molecule has 1 N–H and O–H groups in total. The number of thiazole rings is 1. The van der Waals surface area contributed by atoms with E-state index in [2.05, 4.69) is 10.3 Å². The van der Waals surface area contributed by atoms with E-state index in [0.717, 1.165) is 25.1 Å². The maximum atomic E-state index is 11.8. The van der Waals surface area contributed by atoms with Gasteiger partial charge in [0.25, 0.3) is 0 Å². The SMILES string of the molecule is CCOCCCNC(=O)Cc1csc(N2CCCC2=O)n1. The molecule has 0 bridgehead atoms. The fourth-order valence-corrected chi connectivity index (χ4v) is 2.99. The largest absolute Gasteiger partial charge is 0.382 e. The number of hydrogen-bond acceptors (Lipinski definition) is 5. The molecule has 2 heterocycles. The van der Waals surface area contributed by atoms with E-state index >= 15 is 0 Å². The zero-order chi connectivity index (χ0) is 15.1. The second kappa shape index (κ2) is 8.09. The number of ether oxygens (including phenoxy) is 1. The van der Waals surface area contributed by atoms with Crippen LogP contribution in [0.25, 0.3) is 0 Å². The minimum Gasteiger partial charge on any atom is -0.382 e. The molecule has 2 amide bonds. The standard InChI is InChI=1S/C14H21N3O3S/c1-2-20-8-4-6-15-12(18)9-11-10-21-14(16-11)17-7-3-5-13(17)19/h10H,2-9H2,1H3,(H,15,18). The van der Waals surface area contributed by atoms with Crippen LogP contribution in [0.5, 0.6) is 0 Å². The maximum Gasteiger partial charge on any atom is 0.228 e. The minimum atomic E-state index is -0.0453. The van der Waals surface area contributed by atoms with Crippen LogP contribution in [0.15, 0.2) is 5.38 Å². The number of hydrogen-bond donors (Lipinski definition) is 1. The Morgan fingerprint density at radius 2 is 2.43 bits per heavy atom. The molecule has 1 aliphatic rings. The third kappa shape index (κ3) is 4.78. The predicted molar refractivity (Wildman–Crippen MR) is 81.5 cm³/mol. The molecule has 0 atom stereocenters. The highest BCUT2D eigenvalue weighted by atomic mass is 32.1. The van der Waals surface area contributed by atoms with Crippen LogP contribution in [-0.2, 0) is 20.7 Å². The Morgan fingerprint density at radius 3 is 3.14 bits per heavy atom. The van der Waals surface area contributed by atoms with Crippen molar-refractivity contribution in [2.24, 2.45) is 0 Å². The summed E-state index contributed by atoms with van der Waals surface area (Å²) in [6.07, 6.45) is 2.54. The van der Waals surface area contributed by atoms with Gasteiger partial charge < -0.3 is 10.1 Å². The van der Waals surface area contributed by atoms with E-state index in [1.54, 1.807) is 4.90 Å². The first-order chi connectivity index (χ1) is 10.2. The van der Waals surface area contributed by atoms with E-state index in [0.29, 0.717) is 31.3 Å². The fourth-order valence-electron chi connectivity index (χ4n) is 2.13. The van der Waals surface area contributed by atoms with Gasteiger partial charge in [0.2, 0.25) is 11.8 Å². The Balaban J connectivity index is 1.74. The average Bonchev–Trinajstić information content (AvgIpc) is 3.07. The number of anilines is 1. The summed E-state index contributed by atoms with van der Waals surface area (Å²) in [7, 11) is 0. The van der Waals surface area contributed by atoms with Crippen LogP contribution in [0.2, 0.25) is 0 Å². The van der Waals surface area contributed by atoms with Crippen LogP contribution in [0.4, 0.5) is 5.13 Å². The van der Waals surface area contributed by atoms with Gasteiger partial charge >= 0.3 is 0 Å². The van der Waals surface area contributed by atoms with Crippen LogP contribution in [-0.4, -0.2) is 43.1 Å². The molecule has 116 valence electrons. The van der Waals surface area contributed by atoms with Crippen molar-refractivity contribution in [2.75, 3.05) is 31.2 Å². The van der Waals surface area contributed by atoms with Crippen molar-refractivity contribution in [1.82, 2.24) is 10.3 Å². The Kier molecular flexibility index (Phi) is 6.13. The molecule has 6 nitrogen and oxygen atoms in total. The van der Waals surface area contributed by atoms with Gasteiger partial charge in [-0.1, -0.05) is 0 Å².